The lowest BCUT2D eigenvalue weighted by Crippen LogP contribution is -2.44. The fourth-order valence-corrected chi connectivity index (χ4v) is 5.56. The highest BCUT2D eigenvalue weighted by molar-refractivity contribution is 5.40. The number of aromatic hydroxyl groups is 1. The minimum atomic E-state index is -0.565. The van der Waals surface area contributed by atoms with Crippen molar-refractivity contribution in [3.63, 3.8) is 0 Å². The molecule has 0 bridgehead atoms. The summed E-state index contributed by atoms with van der Waals surface area (Å²) in [5.41, 5.74) is 2.57. The molecule has 4 rings (SSSR count). The largest absolute Gasteiger partial charge is 0.508 e. The molecule has 1 unspecified atom stereocenters. The first-order valence-corrected chi connectivity index (χ1v) is 8.18. The third-order valence-corrected chi connectivity index (χ3v) is 6.68. The van der Waals surface area contributed by atoms with E-state index in [4.69, 9.17) is 0 Å². The van der Waals surface area contributed by atoms with Gasteiger partial charge in [-0.05, 0) is 78.5 Å². The summed E-state index contributed by atoms with van der Waals surface area (Å²) in [5.74, 6) is 1.88. The van der Waals surface area contributed by atoms with E-state index < -0.39 is 12.2 Å². The number of rotatable bonds is 0. The molecule has 1 aromatic rings. The lowest BCUT2D eigenvalue weighted by Gasteiger charge is -2.49. The average Bonchev–Trinajstić information content (AvgIpc) is 2.70. The molecule has 0 heterocycles. The van der Waals surface area contributed by atoms with Crippen LogP contribution in [0.25, 0.3) is 0 Å². The molecule has 0 aliphatic heterocycles. The molecule has 0 radical (unpaired) electrons. The summed E-state index contributed by atoms with van der Waals surface area (Å²) < 4.78 is 0. The Balaban J connectivity index is 1.71. The zero-order chi connectivity index (χ0) is 14.8. The highest BCUT2D eigenvalue weighted by Gasteiger charge is 2.57. The molecule has 3 aliphatic carbocycles. The Hall–Kier alpha value is -1.06. The van der Waals surface area contributed by atoms with Crippen LogP contribution in [0.15, 0.2) is 18.2 Å². The Bertz CT molecular complexity index is 570. The van der Waals surface area contributed by atoms with Crippen LogP contribution in [0.1, 0.15) is 49.7 Å². The molecule has 3 aliphatic rings. The van der Waals surface area contributed by atoms with Gasteiger partial charge in [-0.25, -0.2) is 0 Å². The van der Waals surface area contributed by atoms with Crippen molar-refractivity contribution >= 4 is 0 Å². The first-order valence-electron chi connectivity index (χ1n) is 8.18. The number of hydrogen-bond acceptors (Lipinski definition) is 3. The van der Waals surface area contributed by atoms with Gasteiger partial charge in [0.25, 0.3) is 0 Å². The maximum Gasteiger partial charge on any atom is 0.115 e. The molecule has 114 valence electrons. The molecule has 3 N–H and O–H groups in total. The summed E-state index contributed by atoms with van der Waals surface area (Å²) in [7, 11) is 0. The van der Waals surface area contributed by atoms with E-state index in [9.17, 15) is 15.3 Å². The van der Waals surface area contributed by atoms with E-state index in [-0.39, 0.29) is 5.41 Å². The fraction of sp³-hybridized carbons (Fsp3) is 0.667. The van der Waals surface area contributed by atoms with Crippen molar-refractivity contribution < 1.29 is 15.3 Å². The molecule has 2 saturated carbocycles. The molecular weight excluding hydrogens is 264 g/mol. The SMILES string of the molecule is C[C@]12CC[C@@H]3c4ccc(O)cc4CCC3[C@@H]1C[C@@H](O)[C@@H]2O. The smallest absolute Gasteiger partial charge is 0.115 e. The van der Waals surface area contributed by atoms with Crippen molar-refractivity contribution in [3.05, 3.63) is 29.3 Å². The van der Waals surface area contributed by atoms with Crippen LogP contribution < -0.4 is 0 Å². The van der Waals surface area contributed by atoms with Gasteiger partial charge in [-0.15, -0.1) is 0 Å². The van der Waals surface area contributed by atoms with Crippen LogP contribution in [0.4, 0.5) is 0 Å². The van der Waals surface area contributed by atoms with Crippen molar-refractivity contribution in [1.29, 1.82) is 0 Å². The number of hydrogen-bond donors (Lipinski definition) is 3. The van der Waals surface area contributed by atoms with Gasteiger partial charge >= 0.3 is 0 Å². The van der Waals surface area contributed by atoms with E-state index in [2.05, 4.69) is 13.0 Å². The second-order valence-electron chi connectivity index (χ2n) is 7.59. The molecule has 0 spiro atoms. The van der Waals surface area contributed by atoms with E-state index in [1.54, 1.807) is 6.07 Å². The van der Waals surface area contributed by atoms with Gasteiger partial charge < -0.3 is 15.3 Å². The number of phenols is 1. The normalized spacial score (nSPS) is 44.8. The van der Waals surface area contributed by atoms with E-state index >= 15 is 0 Å². The first kappa shape index (κ1) is 13.6. The molecule has 0 amide bonds. The third-order valence-electron chi connectivity index (χ3n) is 6.68. The van der Waals surface area contributed by atoms with Gasteiger partial charge in [0.1, 0.15) is 5.75 Å². The van der Waals surface area contributed by atoms with Gasteiger partial charge in [-0.2, -0.15) is 0 Å². The number of aliphatic hydroxyl groups is 2. The molecule has 3 nitrogen and oxygen atoms in total. The Morgan fingerprint density at radius 2 is 2.00 bits per heavy atom. The molecule has 6 atom stereocenters. The highest BCUT2D eigenvalue weighted by Crippen LogP contribution is 2.60. The zero-order valence-electron chi connectivity index (χ0n) is 12.5. The van der Waals surface area contributed by atoms with Gasteiger partial charge in [-0.3, -0.25) is 0 Å². The maximum absolute atomic E-state index is 10.4. The van der Waals surface area contributed by atoms with E-state index in [0.717, 1.165) is 32.1 Å². The topological polar surface area (TPSA) is 60.7 Å². The Labute approximate surface area is 125 Å². The van der Waals surface area contributed by atoms with Crippen LogP contribution >= 0.6 is 0 Å². The minimum absolute atomic E-state index is 0.116. The molecule has 2 fully saturated rings. The highest BCUT2D eigenvalue weighted by atomic mass is 16.3. The Morgan fingerprint density at radius 3 is 2.81 bits per heavy atom. The summed E-state index contributed by atoms with van der Waals surface area (Å²) in [6.45, 7) is 2.17. The van der Waals surface area contributed by atoms with Crippen LogP contribution in [-0.4, -0.2) is 27.5 Å². The zero-order valence-corrected chi connectivity index (χ0v) is 12.5. The molecular formula is C18H24O3. The Kier molecular flexibility index (Phi) is 2.89. The van der Waals surface area contributed by atoms with Gasteiger partial charge in [0.05, 0.1) is 12.2 Å². The maximum atomic E-state index is 10.4. The van der Waals surface area contributed by atoms with Crippen LogP contribution in [0.5, 0.6) is 5.75 Å². The van der Waals surface area contributed by atoms with E-state index in [1.165, 1.54) is 11.1 Å². The summed E-state index contributed by atoms with van der Waals surface area (Å²) in [6, 6.07) is 5.80. The van der Waals surface area contributed by atoms with Crippen LogP contribution in [0.3, 0.4) is 0 Å². The quantitative estimate of drug-likeness (QED) is 0.687. The van der Waals surface area contributed by atoms with Crippen molar-refractivity contribution in [2.24, 2.45) is 17.3 Å². The third kappa shape index (κ3) is 1.80. The summed E-state index contributed by atoms with van der Waals surface area (Å²) in [4.78, 5) is 0. The van der Waals surface area contributed by atoms with Crippen molar-refractivity contribution in [2.75, 3.05) is 0 Å². The standard InChI is InChI=1S/C18H24O3/c1-18-7-6-13-12-5-3-11(19)8-10(12)2-4-14(13)15(18)9-16(20)17(18)21/h3,5,8,13-17,19-21H,2,4,6-7,9H2,1H3/t13-,14?,15+,16-,17+,18+/m1/s1. The predicted molar refractivity (Wildman–Crippen MR) is 80.1 cm³/mol. The van der Waals surface area contributed by atoms with Gasteiger partial charge in [0, 0.05) is 0 Å². The van der Waals surface area contributed by atoms with Crippen molar-refractivity contribution in [1.82, 2.24) is 0 Å². The monoisotopic (exact) mass is 288 g/mol. The Morgan fingerprint density at radius 1 is 1.19 bits per heavy atom. The van der Waals surface area contributed by atoms with Gasteiger partial charge in [0.15, 0.2) is 0 Å². The van der Waals surface area contributed by atoms with Gasteiger partial charge in [0.2, 0.25) is 0 Å². The molecule has 0 aromatic heterocycles. The number of benzene rings is 1. The lowest BCUT2D eigenvalue weighted by atomic mass is 9.55. The van der Waals surface area contributed by atoms with E-state index in [1.807, 2.05) is 6.07 Å². The molecule has 3 heteroatoms. The van der Waals surface area contributed by atoms with Crippen LogP contribution in [0, 0.1) is 17.3 Å². The second kappa shape index (κ2) is 4.47. The van der Waals surface area contributed by atoms with Gasteiger partial charge in [-0.1, -0.05) is 13.0 Å². The molecule has 1 aromatic carbocycles. The number of aliphatic hydroxyl groups excluding tert-OH is 2. The summed E-state index contributed by atoms with van der Waals surface area (Å²) in [5, 5.41) is 30.2. The predicted octanol–water partition coefficient (Wildman–Crippen LogP) is 2.58. The number of aryl methyl sites for hydroxylation is 1. The molecule has 21 heavy (non-hydrogen) atoms. The number of phenolic OH excluding ortho intramolecular Hbond substituents is 1. The average molecular weight is 288 g/mol. The minimum Gasteiger partial charge on any atom is -0.508 e. The van der Waals surface area contributed by atoms with Crippen molar-refractivity contribution in [3.8, 4) is 5.75 Å². The molecule has 0 saturated heterocycles. The van der Waals surface area contributed by atoms with E-state index in [0.29, 0.717) is 23.5 Å². The summed E-state index contributed by atoms with van der Waals surface area (Å²) >= 11 is 0. The van der Waals surface area contributed by atoms with Crippen molar-refractivity contribution in [2.45, 2.75) is 57.2 Å². The van der Waals surface area contributed by atoms with Crippen LogP contribution in [-0.2, 0) is 6.42 Å². The summed E-state index contributed by atoms with van der Waals surface area (Å²) in [6.07, 6.45) is 3.80. The number of fused-ring (bicyclic) bond motifs is 5. The second-order valence-corrected chi connectivity index (χ2v) is 7.59. The first-order chi connectivity index (χ1) is 10.0. The lowest BCUT2D eigenvalue weighted by molar-refractivity contribution is -0.0505. The van der Waals surface area contributed by atoms with Crippen LogP contribution in [0.2, 0.25) is 0 Å². The fourth-order valence-electron chi connectivity index (χ4n) is 5.56.